The summed E-state index contributed by atoms with van der Waals surface area (Å²) in [6, 6.07) is 16.8. The Labute approximate surface area is 150 Å². The molecule has 0 spiro atoms. The number of nitrogens with zero attached hydrogens (tertiary/aromatic N) is 1. The Hall–Kier alpha value is -3.41. The van der Waals surface area contributed by atoms with E-state index in [1.165, 1.54) is 6.07 Å². The van der Waals surface area contributed by atoms with Crippen LogP contribution in [0.3, 0.4) is 0 Å². The van der Waals surface area contributed by atoms with E-state index in [-0.39, 0.29) is 5.91 Å². The SMILES string of the molecule is COc1cccc(Oc2cccc(NC(=O)c3ccc(F)nc3C)c2)c1. The first kappa shape index (κ1) is 17.4. The van der Waals surface area contributed by atoms with Crippen molar-refractivity contribution in [2.45, 2.75) is 6.92 Å². The molecule has 3 aromatic rings. The van der Waals surface area contributed by atoms with Crippen LogP contribution in [0.15, 0.2) is 60.7 Å². The van der Waals surface area contributed by atoms with E-state index in [0.717, 1.165) is 6.07 Å². The first-order valence-electron chi connectivity index (χ1n) is 7.91. The Balaban J connectivity index is 1.75. The lowest BCUT2D eigenvalue weighted by molar-refractivity contribution is 0.102. The number of hydrogen-bond donors (Lipinski definition) is 1. The highest BCUT2D eigenvalue weighted by molar-refractivity contribution is 6.05. The number of aromatic nitrogens is 1. The van der Waals surface area contributed by atoms with Gasteiger partial charge in [0.25, 0.3) is 5.91 Å². The molecule has 0 aliphatic heterocycles. The van der Waals surface area contributed by atoms with Gasteiger partial charge in [-0.3, -0.25) is 4.79 Å². The number of pyridine rings is 1. The largest absolute Gasteiger partial charge is 0.497 e. The maximum Gasteiger partial charge on any atom is 0.257 e. The summed E-state index contributed by atoms with van der Waals surface area (Å²) in [5.41, 5.74) is 1.19. The fourth-order valence-corrected chi connectivity index (χ4v) is 2.41. The van der Waals surface area contributed by atoms with Crippen molar-refractivity contribution < 1.29 is 18.7 Å². The number of halogens is 1. The Morgan fingerprint density at radius 1 is 1.00 bits per heavy atom. The number of rotatable bonds is 5. The average Bonchev–Trinajstić information content (AvgIpc) is 2.62. The molecule has 0 aliphatic rings. The number of benzene rings is 2. The molecular formula is C20H17FN2O3. The zero-order valence-corrected chi connectivity index (χ0v) is 14.3. The van der Waals surface area contributed by atoms with Gasteiger partial charge in [-0.15, -0.1) is 0 Å². The minimum atomic E-state index is -0.618. The van der Waals surface area contributed by atoms with Crippen molar-refractivity contribution >= 4 is 11.6 Å². The van der Waals surface area contributed by atoms with Gasteiger partial charge in [-0.2, -0.15) is 4.39 Å². The van der Waals surface area contributed by atoms with Crippen LogP contribution >= 0.6 is 0 Å². The minimum absolute atomic E-state index is 0.311. The van der Waals surface area contributed by atoms with Crippen molar-refractivity contribution in [1.82, 2.24) is 4.98 Å². The highest BCUT2D eigenvalue weighted by Crippen LogP contribution is 2.27. The highest BCUT2D eigenvalue weighted by atomic mass is 19.1. The second-order valence-corrected chi connectivity index (χ2v) is 5.53. The Bertz CT molecular complexity index is 944. The summed E-state index contributed by atoms with van der Waals surface area (Å²) in [5.74, 6) is 0.879. The quantitative estimate of drug-likeness (QED) is 0.683. The van der Waals surface area contributed by atoms with Crippen molar-refractivity contribution in [2.24, 2.45) is 0 Å². The lowest BCUT2D eigenvalue weighted by atomic mass is 10.2. The van der Waals surface area contributed by atoms with Gasteiger partial charge in [-0.05, 0) is 43.3 Å². The Morgan fingerprint density at radius 3 is 2.42 bits per heavy atom. The third-order valence-electron chi connectivity index (χ3n) is 3.67. The molecule has 0 saturated carbocycles. The number of anilines is 1. The van der Waals surface area contributed by atoms with E-state index in [9.17, 15) is 9.18 Å². The van der Waals surface area contributed by atoms with E-state index in [1.807, 2.05) is 12.1 Å². The molecule has 0 radical (unpaired) electrons. The molecule has 0 unspecified atom stereocenters. The van der Waals surface area contributed by atoms with Crippen molar-refractivity contribution in [1.29, 1.82) is 0 Å². The minimum Gasteiger partial charge on any atom is -0.497 e. The molecule has 0 fully saturated rings. The second kappa shape index (κ2) is 7.65. The van der Waals surface area contributed by atoms with Crippen LogP contribution in [0.25, 0.3) is 0 Å². The van der Waals surface area contributed by atoms with Crippen LogP contribution in [0.1, 0.15) is 16.1 Å². The van der Waals surface area contributed by atoms with Gasteiger partial charge in [0.15, 0.2) is 0 Å². The maximum absolute atomic E-state index is 13.1. The lowest BCUT2D eigenvalue weighted by Gasteiger charge is -2.10. The topological polar surface area (TPSA) is 60.5 Å². The number of amides is 1. The molecule has 1 heterocycles. The fraction of sp³-hybridized carbons (Fsp3) is 0.100. The number of hydrogen-bond acceptors (Lipinski definition) is 4. The van der Waals surface area contributed by atoms with Gasteiger partial charge in [0, 0.05) is 17.8 Å². The summed E-state index contributed by atoms with van der Waals surface area (Å²) < 4.78 is 24.0. The number of nitrogens with one attached hydrogen (secondary N) is 1. The molecule has 6 heteroatoms. The first-order valence-corrected chi connectivity index (χ1v) is 7.91. The van der Waals surface area contributed by atoms with Gasteiger partial charge in [-0.25, -0.2) is 4.98 Å². The van der Waals surface area contributed by atoms with Crippen LogP contribution in [0, 0.1) is 12.9 Å². The van der Waals surface area contributed by atoms with Crippen molar-refractivity contribution in [2.75, 3.05) is 12.4 Å². The van der Waals surface area contributed by atoms with Crippen molar-refractivity contribution in [3.05, 3.63) is 77.9 Å². The predicted octanol–water partition coefficient (Wildman–Crippen LogP) is 4.58. The zero-order valence-electron chi connectivity index (χ0n) is 14.3. The first-order chi connectivity index (χ1) is 12.5. The molecule has 2 aromatic carbocycles. The van der Waals surface area contributed by atoms with Crippen molar-refractivity contribution in [3.8, 4) is 17.2 Å². The van der Waals surface area contributed by atoms with Crippen LogP contribution in [-0.2, 0) is 0 Å². The third kappa shape index (κ3) is 4.16. The molecule has 132 valence electrons. The number of aryl methyl sites for hydroxylation is 1. The van der Waals surface area contributed by atoms with Gasteiger partial charge in [0.2, 0.25) is 5.95 Å². The normalized spacial score (nSPS) is 10.3. The van der Waals surface area contributed by atoms with E-state index in [4.69, 9.17) is 9.47 Å². The van der Waals surface area contributed by atoms with Crippen LogP contribution in [-0.4, -0.2) is 18.0 Å². The van der Waals surface area contributed by atoms with Crippen LogP contribution < -0.4 is 14.8 Å². The standard InChI is InChI=1S/C20H17FN2O3/c1-13-18(9-10-19(21)22-13)20(24)23-14-5-3-7-16(11-14)26-17-8-4-6-15(12-17)25-2/h3-12H,1-2H3,(H,23,24). The number of ether oxygens (including phenoxy) is 2. The second-order valence-electron chi connectivity index (χ2n) is 5.53. The van der Waals surface area contributed by atoms with E-state index < -0.39 is 5.95 Å². The molecule has 1 amide bonds. The summed E-state index contributed by atoms with van der Waals surface area (Å²) in [7, 11) is 1.58. The molecule has 1 N–H and O–H groups in total. The molecule has 5 nitrogen and oxygen atoms in total. The third-order valence-corrected chi connectivity index (χ3v) is 3.67. The van der Waals surface area contributed by atoms with Gasteiger partial charge in [0.1, 0.15) is 17.2 Å². The number of carbonyl (C=O) groups excluding carboxylic acids is 1. The summed E-state index contributed by atoms with van der Waals surface area (Å²) in [5, 5.41) is 2.76. The van der Waals surface area contributed by atoms with E-state index in [1.54, 1.807) is 50.4 Å². The van der Waals surface area contributed by atoms with E-state index >= 15 is 0 Å². The van der Waals surface area contributed by atoms with Gasteiger partial charge >= 0.3 is 0 Å². The summed E-state index contributed by atoms with van der Waals surface area (Å²) in [6.45, 7) is 1.58. The van der Waals surface area contributed by atoms with Crippen LogP contribution in [0.2, 0.25) is 0 Å². The molecule has 3 rings (SSSR count). The molecule has 0 saturated heterocycles. The molecular weight excluding hydrogens is 335 g/mol. The van der Waals surface area contributed by atoms with Gasteiger partial charge in [0.05, 0.1) is 18.4 Å². The average molecular weight is 352 g/mol. The smallest absolute Gasteiger partial charge is 0.257 e. The van der Waals surface area contributed by atoms with Gasteiger partial charge in [-0.1, -0.05) is 12.1 Å². The lowest BCUT2D eigenvalue weighted by Crippen LogP contribution is -2.14. The molecule has 1 aromatic heterocycles. The van der Waals surface area contributed by atoms with Gasteiger partial charge < -0.3 is 14.8 Å². The number of carbonyl (C=O) groups is 1. The van der Waals surface area contributed by atoms with Crippen molar-refractivity contribution in [3.63, 3.8) is 0 Å². The fourth-order valence-electron chi connectivity index (χ4n) is 2.41. The summed E-state index contributed by atoms with van der Waals surface area (Å²) in [4.78, 5) is 16.0. The maximum atomic E-state index is 13.1. The molecule has 26 heavy (non-hydrogen) atoms. The molecule has 0 atom stereocenters. The predicted molar refractivity (Wildman–Crippen MR) is 96.4 cm³/mol. The Kier molecular flexibility index (Phi) is 5.12. The molecule has 0 bridgehead atoms. The van der Waals surface area contributed by atoms with Crippen LogP contribution in [0.4, 0.5) is 10.1 Å². The highest BCUT2D eigenvalue weighted by Gasteiger charge is 2.11. The number of methoxy groups -OCH3 is 1. The van der Waals surface area contributed by atoms with Crippen LogP contribution in [0.5, 0.6) is 17.2 Å². The summed E-state index contributed by atoms with van der Waals surface area (Å²) in [6.07, 6.45) is 0. The Morgan fingerprint density at radius 2 is 1.69 bits per heavy atom. The zero-order chi connectivity index (χ0) is 18.5. The summed E-state index contributed by atoms with van der Waals surface area (Å²) >= 11 is 0. The van der Waals surface area contributed by atoms with E-state index in [2.05, 4.69) is 10.3 Å². The van der Waals surface area contributed by atoms with E-state index in [0.29, 0.717) is 34.2 Å². The molecule has 0 aliphatic carbocycles. The monoisotopic (exact) mass is 352 g/mol.